The summed E-state index contributed by atoms with van der Waals surface area (Å²) in [5, 5.41) is 9.74. The van der Waals surface area contributed by atoms with Gasteiger partial charge in [0.1, 0.15) is 5.69 Å². The van der Waals surface area contributed by atoms with Gasteiger partial charge in [0.15, 0.2) is 5.76 Å². The summed E-state index contributed by atoms with van der Waals surface area (Å²) < 4.78 is 10.8. The van der Waals surface area contributed by atoms with Crippen molar-refractivity contribution in [1.82, 2.24) is 4.98 Å². The Kier molecular flexibility index (Phi) is 3.09. The highest BCUT2D eigenvalue weighted by molar-refractivity contribution is 6.08. The van der Waals surface area contributed by atoms with Gasteiger partial charge in [-0.3, -0.25) is 0 Å². The largest absolute Gasteiger partial charge is 0.475 e. The number of rotatable bonds is 3. The fraction of sp³-hybridized carbons (Fsp3) is 0. The van der Waals surface area contributed by atoms with Gasteiger partial charge in [0, 0.05) is 0 Å². The van der Waals surface area contributed by atoms with E-state index in [0.717, 1.165) is 11.1 Å². The average molecular weight is 320 g/mol. The summed E-state index contributed by atoms with van der Waals surface area (Å²) in [6.45, 7) is 0. The molecular formula is C18H12N2O4. The van der Waals surface area contributed by atoms with Crippen molar-refractivity contribution in [3.63, 3.8) is 0 Å². The van der Waals surface area contributed by atoms with E-state index in [1.165, 1.54) is 0 Å². The van der Waals surface area contributed by atoms with Crippen molar-refractivity contribution in [2.45, 2.75) is 0 Å². The monoisotopic (exact) mass is 320 g/mol. The minimum Gasteiger partial charge on any atom is -0.475 e. The standard InChI is InChI=1S/C18H12N2O4/c19-15-14-11(10-5-2-1-3-6-10)9-12(13-7-4-8-23-13)20-17(14)24-16(15)18(21)22/h1-9H,19H2,(H,21,22). The summed E-state index contributed by atoms with van der Waals surface area (Å²) in [6, 6.07) is 14.8. The maximum absolute atomic E-state index is 11.3. The Balaban J connectivity index is 2.08. The van der Waals surface area contributed by atoms with Crippen LogP contribution in [0.15, 0.2) is 63.6 Å². The Hall–Kier alpha value is -3.54. The second-order valence-electron chi connectivity index (χ2n) is 5.23. The number of aromatic carboxylic acids is 1. The first-order valence-corrected chi connectivity index (χ1v) is 7.21. The van der Waals surface area contributed by atoms with E-state index < -0.39 is 5.97 Å². The number of benzene rings is 1. The Labute approximate surface area is 136 Å². The van der Waals surface area contributed by atoms with Gasteiger partial charge in [-0.15, -0.1) is 0 Å². The first-order valence-electron chi connectivity index (χ1n) is 7.21. The van der Waals surface area contributed by atoms with E-state index in [2.05, 4.69) is 4.98 Å². The lowest BCUT2D eigenvalue weighted by atomic mass is 10.0. The van der Waals surface area contributed by atoms with Crippen LogP contribution in [0.2, 0.25) is 0 Å². The SMILES string of the molecule is Nc1c(C(=O)O)oc2nc(-c3ccco3)cc(-c3ccccc3)c12. The number of pyridine rings is 1. The van der Waals surface area contributed by atoms with Gasteiger partial charge in [-0.1, -0.05) is 30.3 Å². The molecule has 0 aliphatic carbocycles. The molecule has 24 heavy (non-hydrogen) atoms. The number of nitrogens with zero attached hydrogens (tertiary/aromatic N) is 1. The van der Waals surface area contributed by atoms with Crippen LogP contribution < -0.4 is 5.73 Å². The highest BCUT2D eigenvalue weighted by Crippen LogP contribution is 2.38. The van der Waals surface area contributed by atoms with Crippen LogP contribution in [-0.4, -0.2) is 16.1 Å². The molecule has 0 fully saturated rings. The number of nitrogens with two attached hydrogens (primary N) is 1. The normalized spacial score (nSPS) is 11.0. The number of hydrogen-bond acceptors (Lipinski definition) is 5. The number of hydrogen-bond donors (Lipinski definition) is 2. The first kappa shape index (κ1) is 14.1. The summed E-state index contributed by atoms with van der Waals surface area (Å²) in [4.78, 5) is 15.7. The lowest BCUT2D eigenvalue weighted by Gasteiger charge is -2.06. The second-order valence-corrected chi connectivity index (χ2v) is 5.23. The topological polar surface area (TPSA) is 102 Å². The van der Waals surface area contributed by atoms with Gasteiger partial charge in [-0.05, 0) is 29.3 Å². The van der Waals surface area contributed by atoms with Crippen LogP contribution >= 0.6 is 0 Å². The van der Waals surface area contributed by atoms with Crippen molar-refractivity contribution < 1.29 is 18.7 Å². The third-order valence-corrected chi connectivity index (χ3v) is 3.75. The van der Waals surface area contributed by atoms with E-state index in [4.69, 9.17) is 14.6 Å². The van der Waals surface area contributed by atoms with E-state index in [0.29, 0.717) is 16.8 Å². The minimum atomic E-state index is -1.23. The highest BCUT2D eigenvalue weighted by atomic mass is 16.4. The molecule has 3 aromatic heterocycles. The van der Waals surface area contributed by atoms with Gasteiger partial charge >= 0.3 is 5.97 Å². The Bertz CT molecular complexity index is 1030. The quantitative estimate of drug-likeness (QED) is 0.590. The summed E-state index contributed by atoms with van der Waals surface area (Å²) in [7, 11) is 0. The van der Waals surface area contributed by atoms with E-state index in [1.54, 1.807) is 18.4 Å². The molecule has 0 atom stereocenters. The van der Waals surface area contributed by atoms with Gasteiger partial charge in [-0.25, -0.2) is 9.78 Å². The Morgan fingerprint density at radius 3 is 2.58 bits per heavy atom. The predicted octanol–water partition coefficient (Wildman–Crippen LogP) is 4.04. The number of fused-ring (bicyclic) bond motifs is 1. The minimum absolute atomic E-state index is 0.0647. The number of carbonyl (C=O) groups is 1. The molecule has 6 nitrogen and oxygen atoms in total. The zero-order chi connectivity index (χ0) is 16.7. The van der Waals surface area contributed by atoms with Gasteiger partial charge in [0.25, 0.3) is 0 Å². The lowest BCUT2D eigenvalue weighted by molar-refractivity contribution is 0.0666. The van der Waals surface area contributed by atoms with Crippen LogP contribution in [-0.2, 0) is 0 Å². The zero-order valence-corrected chi connectivity index (χ0v) is 12.4. The van der Waals surface area contributed by atoms with Gasteiger partial charge < -0.3 is 19.7 Å². The predicted molar refractivity (Wildman–Crippen MR) is 88.5 cm³/mol. The molecule has 4 aromatic rings. The molecule has 1 aromatic carbocycles. The molecule has 118 valence electrons. The maximum Gasteiger partial charge on any atom is 0.374 e. The molecule has 0 amide bonds. The summed E-state index contributed by atoms with van der Waals surface area (Å²) in [5.74, 6) is -0.990. The Morgan fingerprint density at radius 1 is 1.12 bits per heavy atom. The van der Waals surface area contributed by atoms with Gasteiger partial charge in [-0.2, -0.15) is 0 Å². The van der Waals surface area contributed by atoms with E-state index >= 15 is 0 Å². The van der Waals surface area contributed by atoms with Crippen molar-refractivity contribution >= 4 is 22.8 Å². The molecule has 3 N–H and O–H groups in total. The molecule has 6 heteroatoms. The first-order chi connectivity index (χ1) is 11.6. The van der Waals surface area contributed by atoms with Crippen molar-refractivity contribution in [3.8, 4) is 22.6 Å². The molecule has 0 saturated heterocycles. The van der Waals surface area contributed by atoms with Crippen LogP contribution in [0.3, 0.4) is 0 Å². The molecule has 0 unspecified atom stereocenters. The molecule has 0 spiro atoms. The fourth-order valence-electron chi connectivity index (χ4n) is 2.68. The highest BCUT2D eigenvalue weighted by Gasteiger charge is 2.23. The zero-order valence-electron chi connectivity index (χ0n) is 12.4. The van der Waals surface area contributed by atoms with Crippen LogP contribution in [0.5, 0.6) is 0 Å². The van der Waals surface area contributed by atoms with Crippen molar-refractivity contribution in [1.29, 1.82) is 0 Å². The molecule has 0 saturated carbocycles. The van der Waals surface area contributed by atoms with Gasteiger partial charge in [0.2, 0.25) is 11.5 Å². The van der Waals surface area contributed by atoms with Crippen molar-refractivity contribution in [2.24, 2.45) is 0 Å². The molecule has 0 radical (unpaired) electrons. The van der Waals surface area contributed by atoms with Crippen LogP contribution in [0.1, 0.15) is 10.6 Å². The smallest absolute Gasteiger partial charge is 0.374 e. The van der Waals surface area contributed by atoms with Crippen molar-refractivity contribution in [2.75, 3.05) is 5.73 Å². The fourth-order valence-corrected chi connectivity index (χ4v) is 2.68. The summed E-state index contributed by atoms with van der Waals surface area (Å²) in [6.07, 6.45) is 1.54. The molecule has 3 heterocycles. The Morgan fingerprint density at radius 2 is 1.92 bits per heavy atom. The van der Waals surface area contributed by atoms with Crippen LogP contribution in [0.25, 0.3) is 33.7 Å². The number of anilines is 1. The van der Waals surface area contributed by atoms with Crippen molar-refractivity contribution in [3.05, 3.63) is 60.6 Å². The molecule has 0 aliphatic rings. The number of nitrogen functional groups attached to an aromatic ring is 1. The number of carboxylic acids is 1. The van der Waals surface area contributed by atoms with E-state index in [9.17, 15) is 9.90 Å². The van der Waals surface area contributed by atoms with Crippen LogP contribution in [0, 0.1) is 0 Å². The number of carboxylic acid groups (broad SMARTS) is 1. The van der Waals surface area contributed by atoms with Crippen LogP contribution in [0.4, 0.5) is 5.69 Å². The van der Waals surface area contributed by atoms with Gasteiger partial charge in [0.05, 0.1) is 17.3 Å². The molecule has 0 aliphatic heterocycles. The second kappa shape index (κ2) is 5.27. The summed E-state index contributed by atoms with van der Waals surface area (Å²) >= 11 is 0. The maximum atomic E-state index is 11.3. The number of furan rings is 2. The molecule has 0 bridgehead atoms. The molecule has 4 rings (SSSR count). The third-order valence-electron chi connectivity index (χ3n) is 3.75. The van der Waals surface area contributed by atoms with E-state index in [-0.39, 0.29) is 17.2 Å². The summed E-state index contributed by atoms with van der Waals surface area (Å²) in [5.41, 5.74) is 8.39. The lowest BCUT2D eigenvalue weighted by Crippen LogP contribution is -1.98. The number of aromatic nitrogens is 1. The third kappa shape index (κ3) is 2.13. The van der Waals surface area contributed by atoms with E-state index in [1.807, 2.05) is 36.4 Å². The molecular weight excluding hydrogens is 308 g/mol. The average Bonchev–Trinajstić information content (AvgIpc) is 3.23.